The number of benzene rings is 1. The molecule has 0 spiro atoms. The number of amides is 2. The molecule has 0 unspecified atom stereocenters. The fraction of sp³-hybridized carbons (Fsp3) is 0.529. The number of aryl methyl sites for hydroxylation is 1. The average molecular weight is 305 g/mol. The predicted octanol–water partition coefficient (Wildman–Crippen LogP) is 1.15. The van der Waals surface area contributed by atoms with Crippen molar-refractivity contribution in [3.8, 4) is 0 Å². The van der Waals surface area contributed by atoms with E-state index in [1.54, 1.807) is 19.0 Å². The van der Waals surface area contributed by atoms with Gasteiger partial charge in [-0.2, -0.15) is 0 Å². The van der Waals surface area contributed by atoms with E-state index in [2.05, 4.69) is 17.4 Å². The second-order valence-corrected chi connectivity index (χ2v) is 5.53. The molecule has 0 aromatic heterocycles. The Morgan fingerprint density at radius 2 is 1.77 bits per heavy atom. The zero-order valence-corrected chi connectivity index (χ0v) is 13.8. The van der Waals surface area contributed by atoms with E-state index in [-0.39, 0.29) is 24.9 Å². The van der Waals surface area contributed by atoms with Crippen molar-refractivity contribution in [3.05, 3.63) is 35.9 Å². The summed E-state index contributed by atoms with van der Waals surface area (Å²) in [6.07, 6.45) is 1.87. The number of nitrogens with zero attached hydrogens (tertiary/aromatic N) is 2. The molecule has 1 N–H and O–H groups in total. The minimum atomic E-state index is -0.0264. The number of carbonyl (C=O) groups excluding carboxylic acids is 2. The second-order valence-electron chi connectivity index (χ2n) is 5.53. The fourth-order valence-electron chi connectivity index (χ4n) is 2.04. The van der Waals surface area contributed by atoms with Gasteiger partial charge in [0.15, 0.2) is 0 Å². The summed E-state index contributed by atoms with van der Waals surface area (Å²) in [5, 5.41) is 2.91. The molecule has 2 amide bonds. The largest absolute Gasteiger partial charge is 0.355 e. The minimum Gasteiger partial charge on any atom is -0.355 e. The quantitative estimate of drug-likeness (QED) is 0.696. The highest BCUT2D eigenvalue weighted by molar-refractivity contribution is 5.80. The fourth-order valence-corrected chi connectivity index (χ4v) is 2.04. The Labute approximate surface area is 133 Å². The molecule has 1 aromatic rings. The number of hydrogen-bond donors (Lipinski definition) is 1. The molecule has 0 heterocycles. The summed E-state index contributed by atoms with van der Waals surface area (Å²) in [6, 6.07) is 10.2. The van der Waals surface area contributed by atoms with Crippen LogP contribution in [-0.4, -0.2) is 61.9 Å². The molecule has 0 radical (unpaired) electrons. The van der Waals surface area contributed by atoms with Gasteiger partial charge in [0, 0.05) is 20.6 Å². The first-order chi connectivity index (χ1) is 10.5. The molecule has 0 saturated heterocycles. The zero-order valence-electron chi connectivity index (χ0n) is 13.8. The van der Waals surface area contributed by atoms with Gasteiger partial charge in [0.05, 0.1) is 13.1 Å². The van der Waals surface area contributed by atoms with Crippen LogP contribution >= 0.6 is 0 Å². The summed E-state index contributed by atoms with van der Waals surface area (Å²) < 4.78 is 0. The first kappa shape index (κ1) is 18.2. The molecule has 122 valence electrons. The Bertz CT molecular complexity index is 460. The Morgan fingerprint density at radius 1 is 1.09 bits per heavy atom. The molecule has 0 aliphatic rings. The van der Waals surface area contributed by atoms with E-state index in [1.165, 1.54) is 5.56 Å². The maximum Gasteiger partial charge on any atom is 0.236 e. The van der Waals surface area contributed by atoms with E-state index in [0.29, 0.717) is 13.1 Å². The third-order valence-corrected chi connectivity index (χ3v) is 3.48. The van der Waals surface area contributed by atoms with Crippen LogP contribution < -0.4 is 5.32 Å². The normalized spacial score (nSPS) is 10.5. The van der Waals surface area contributed by atoms with E-state index in [4.69, 9.17) is 0 Å². The summed E-state index contributed by atoms with van der Waals surface area (Å²) in [5.74, 6) is -0.0137. The summed E-state index contributed by atoms with van der Waals surface area (Å²) in [6.45, 7) is 3.83. The van der Waals surface area contributed by atoms with Gasteiger partial charge in [0.25, 0.3) is 0 Å². The third kappa shape index (κ3) is 7.22. The first-order valence-electron chi connectivity index (χ1n) is 7.76. The van der Waals surface area contributed by atoms with E-state index in [9.17, 15) is 9.59 Å². The van der Waals surface area contributed by atoms with Crippen LogP contribution in [0.3, 0.4) is 0 Å². The molecule has 5 nitrogen and oxygen atoms in total. The smallest absolute Gasteiger partial charge is 0.236 e. The molecule has 5 heteroatoms. The van der Waals surface area contributed by atoms with Crippen molar-refractivity contribution in [2.45, 2.75) is 19.8 Å². The Balaban J connectivity index is 2.22. The second kappa shape index (κ2) is 9.95. The maximum atomic E-state index is 11.9. The van der Waals surface area contributed by atoms with Crippen molar-refractivity contribution < 1.29 is 9.59 Å². The molecule has 0 aliphatic carbocycles. The van der Waals surface area contributed by atoms with Crippen molar-refractivity contribution in [2.75, 3.05) is 40.3 Å². The Hall–Kier alpha value is -1.88. The van der Waals surface area contributed by atoms with Crippen LogP contribution in [0.2, 0.25) is 0 Å². The van der Waals surface area contributed by atoms with Gasteiger partial charge in [-0.3, -0.25) is 14.5 Å². The highest BCUT2D eigenvalue weighted by atomic mass is 16.2. The summed E-state index contributed by atoms with van der Waals surface area (Å²) in [4.78, 5) is 26.9. The summed E-state index contributed by atoms with van der Waals surface area (Å²) in [7, 11) is 3.44. The first-order valence-corrected chi connectivity index (χ1v) is 7.76. The predicted molar refractivity (Wildman–Crippen MR) is 88.6 cm³/mol. The van der Waals surface area contributed by atoms with Gasteiger partial charge in [0.1, 0.15) is 0 Å². The van der Waals surface area contributed by atoms with E-state index >= 15 is 0 Å². The van der Waals surface area contributed by atoms with Crippen LogP contribution in [0.4, 0.5) is 0 Å². The molecule has 0 aliphatic heterocycles. The van der Waals surface area contributed by atoms with E-state index < -0.39 is 0 Å². The van der Waals surface area contributed by atoms with Gasteiger partial charge >= 0.3 is 0 Å². The average Bonchev–Trinajstić information content (AvgIpc) is 2.51. The maximum absolute atomic E-state index is 11.9. The lowest BCUT2D eigenvalue weighted by Gasteiger charge is -2.21. The molecule has 0 atom stereocenters. The number of rotatable bonds is 9. The highest BCUT2D eigenvalue weighted by Gasteiger charge is 2.13. The zero-order chi connectivity index (χ0) is 16.4. The van der Waals surface area contributed by atoms with Gasteiger partial charge in [-0.05, 0) is 24.9 Å². The standard InChI is InChI=1S/C17H27N3O2/c1-4-20(14-17(22)19(2)3)13-16(21)18-12-8-11-15-9-6-5-7-10-15/h5-7,9-10H,4,8,11-14H2,1-3H3,(H,18,21). The van der Waals surface area contributed by atoms with Crippen LogP contribution in [0.25, 0.3) is 0 Å². The third-order valence-electron chi connectivity index (χ3n) is 3.48. The lowest BCUT2D eigenvalue weighted by molar-refractivity contribution is -0.130. The number of likely N-dealkylation sites (N-methyl/N-ethyl adjacent to an activating group) is 2. The molecule has 22 heavy (non-hydrogen) atoms. The van der Waals surface area contributed by atoms with E-state index in [0.717, 1.165) is 12.8 Å². The molecule has 1 rings (SSSR count). The summed E-state index contributed by atoms with van der Waals surface area (Å²) in [5.41, 5.74) is 1.28. The van der Waals surface area contributed by atoms with Crippen LogP contribution in [0.1, 0.15) is 18.9 Å². The molecule has 0 saturated carbocycles. The highest BCUT2D eigenvalue weighted by Crippen LogP contribution is 2.01. The molecule has 0 bridgehead atoms. The summed E-state index contributed by atoms with van der Waals surface area (Å²) >= 11 is 0. The topological polar surface area (TPSA) is 52.7 Å². The van der Waals surface area contributed by atoms with Crippen LogP contribution in [-0.2, 0) is 16.0 Å². The molecular weight excluding hydrogens is 278 g/mol. The Kier molecular flexibility index (Phi) is 8.22. The van der Waals surface area contributed by atoms with Gasteiger partial charge in [-0.1, -0.05) is 37.3 Å². The van der Waals surface area contributed by atoms with Crippen LogP contribution in [0.5, 0.6) is 0 Å². The van der Waals surface area contributed by atoms with Crippen molar-refractivity contribution in [2.24, 2.45) is 0 Å². The van der Waals surface area contributed by atoms with Gasteiger partial charge in [-0.15, -0.1) is 0 Å². The van der Waals surface area contributed by atoms with Crippen molar-refractivity contribution in [1.29, 1.82) is 0 Å². The molecular formula is C17H27N3O2. The monoisotopic (exact) mass is 305 g/mol. The van der Waals surface area contributed by atoms with Crippen LogP contribution in [0.15, 0.2) is 30.3 Å². The SMILES string of the molecule is CCN(CC(=O)NCCCc1ccccc1)CC(=O)N(C)C. The Morgan fingerprint density at radius 3 is 2.36 bits per heavy atom. The molecule has 1 aromatic carbocycles. The molecule has 0 fully saturated rings. The van der Waals surface area contributed by atoms with Gasteiger partial charge in [-0.25, -0.2) is 0 Å². The lowest BCUT2D eigenvalue weighted by Crippen LogP contribution is -2.42. The number of hydrogen-bond acceptors (Lipinski definition) is 3. The lowest BCUT2D eigenvalue weighted by atomic mass is 10.1. The van der Waals surface area contributed by atoms with Crippen LogP contribution in [0, 0.1) is 0 Å². The minimum absolute atomic E-state index is 0.0127. The van der Waals surface area contributed by atoms with Gasteiger partial charge < -0.3 is 10.2 Å². The van der Waals surface area contributed by atoms with Crippen molar-refractivity contribution >= 4 is 11.8 Å². The number of nitrogens with one attached hydrogen (secondary N) is 1. The van der Waals surface area contributed by atoms with E-state index in [1.807, 2.05) is 30.0 Å². The van der Waals surface area contributed by atoms with Gasteiger partial charge in [0.2, 0.25) is 11.8 Å². The van der Waals surface area contributed by atoms with Crippen molar-refractivity contribution in [3.63, 3.8) is 0 Å². The number of carbonyl (C=O) groups is 2. The van der Waals surface area contributed by atoms with Crippen molar-refractivity contribution in [1.82, 2.24) is 15.1 Å².